The van der Waals surface area contributed by atoms with Crippen molar-refractivity contribution < 1.29 is 14.3 Å². The Balaban J connectivity index is 1.61. The fraction of sp³-hybridized carbons (Fsp3) is 0.545. The van der Waals surface area contributed by atoms with Crippen molar-refractivity contribution in [2.75, 3.05) is 26.3 Å². The number of amides is 1. The molecule has 2 heterocycles. The number of carbonyl (C=O) groups is 1. The molecule has 2 aromatic rings. The number of benzene rings is 1. The number of nitrogens with zero attached hydrogens (tertiary/aromatic N) is 3. The second kappa shape index (κ2) is 9.13. The monoisotopic (exact) mass is 385 g/mol. The summed E-state index contributed by atoms with van der Waals surface area (Å²) in [5.74, 6) is 1.94. The molecule has 0 saturated carbocycles. The Kier molecular flexibility index (Phi) is 6.60. The molecule has 1 aliphatic rings. The number of likely N-dealkylation sites (tertiary alicyclic amines) is 1. The molecule has 0 unspecified atom stereocenters. The van der Waals surface area contributed by atoms with Gasteiger partial charge in [0.1, 0.15) is 0 Å². The molecule has 0 spiro atoms. The standard InChI is InChI=1S/C22H31N3O3/c1-5-27-20-8-7-19(14-21(20)28-6-2)22(26)24-11-9-18(10-12-24)15-25-17(4)13-16(3)23-25/h7-8,13-14,18H,5-6,9-12,15H2,1-4H3. The topological polar surface area (TPSA) is 56.6 Å². The van der Waals surface area contributed by atoms with Gasteiger partial charge in [-0.15, -0.1) is 0 Å². The molecule has 6 nitrogen and oxygen atoms in total. The number of aryl methyl sites for hydroxylation is 2. The number of rotatable bonds is 7. The largest absolute Gasteiger partial charge is 0.490 e. The molecule has 1 fully saturated rings. The number of hydrogen-bond acceptors (Lipinski definition) is 4. The average molecular weight is 386 g/mol. The van der Waals surface area contributed by atoms with Gasteiger partial charge in [0.2, 0.25) is 0 Å². The number of aromatic nitrogens is 2. The third-order valence-corrected chi connectivity index (χ3v) is 5.23. The minimum atomic E-state index is 0.0635. The summed E-state index contributed by atoms with van der Waals surface area (Å²) in [5.41, 5.74) is 2.92. The van der Waals surface area contributed by atoms with E-state index in [1.165, 1.54) is 5.69 Å². The molecule has 0 N–H and O–H groups in total. The Morgan fingerprint density at radius 2 is 1.75 bits per heavy atom. The van der Waals surface area contributed by atoms with Crippen LogP contribution in [0.5, 0.6) is 11.5 Å². The van der Waals surface area contributed by atoms with Gasteiger partial charge in [0.15, 0.2) is 11.5 Å². The van der Waals surface area contributed by atoms with Crippen LogP contribution >= 0.6 is 0 Å². The smallest absolute Gasteiger partial charge is 0.253 e. The average Bonchev–Trinajstić information content (AvgIpc) is 3.00. The first-order valence-electron chi connectivity index (χ1n) is 10.2. The molecule has 1 aromatic carbocycles. The molecule has 0 radical (unpaired) electrons. The fourth-order valence-electron chi connectivity index (χ4n) is 3.79. The summed E-state index contributed by atoms with van der Waals surface area (Å²) in [4.78, 5) is 14.9. The number of hydrogen-bond donors (Lipinski definition) is 0. The first-order chi connectivity index (χ1) is 13.5. The van der Waals surface area contributed by atoms with E-state index in [0.29, 0.717) is 36.2 Å². The molecule has 3 rings (SSSR count). The zero-order chi connectivity index (χ0) is 20.1. The predicted octanol–water partition coefficient (Wildman–Crippen LogP) is 3.85. The van der Waals surface area contributed by atoms with Crippen LogP contribution in [-0.4, -0.2) is 46.9 Å². The van der Waals surface area contributed by atoms with Gasteiger partial charge in [0.05, 0.1) is 18.9 Å². The van der Waals surface area contributed by atoms with E-state index in [4.69, 9.17) is 9.47 Å². The van der Waals surface area contributed by atoms with Gasteiger partial charge in [-0.05, 0) is 70.7 Å². The summed E-state index contributed by atoms with van der Waals surface area (Å²) in [6, 6.07) is 7.58. The zero-order valence-electron chi connectivity index (χ0n) is 17.4. The zero-order valence-corrected chi connectivity index (χ0v) is 17.4. The van der Waals surface area contributed by atoms with Crippen molar-refractivity contribution >= 4 is 5.91 Å². The molecule has 28 heavy (non-hydrogen) atoms. The van der Waals surface area contributed by atoms with Crippen molar-refractivity contribution in [2.24, 2.45) is 5.92 Å². The molecule has 1 aromatic heterocycles. The second-order valence-electron chi connectivity index (χ2n) is 7.37. The lowest BCUT2D eigenvalue weighted by molar-refractivity contribution is 0.0680. The number of ether oxygens (including phenoxy) is 2. The first-order valence-corrected chi connectivity index (χ1v) is 10.2. The van der Waals surface area contributed by atoms with E-state index in [9.17, 15) is 4.79 Å². The molecule has 0 aliphatic carbocycles. The van der Waals surface area contributed by atoms with Crippen LogP contribution in [0, 0.1) is 19.8 Å². The van der Waals surface area contributed by atoms with E-state index in [-0.39, 0.29) is 5.91 Å². The van der Waals surface area contributed by atoms with Gasteiger partial charge in [-0.2, -0.15) is 5.10 Å². The lowest BCUT2D eigenvalue weighted by Gasteiger charge is -2.32. The number of piperidine rings is 1. The maximum absolute atomic E-state index is 13.0. The summed E-state index contributed by atoms with van der Waals surface area (Å²) in [6.07, 6.45) is 2.00. The SMILES string of the molecule is CCOc1ccc(C(=O)N2CCC(Cn3nc(C)cc3C)CC2)cc1OCC. The molecule has 0 bridgehead atoms. The molecule has 152 valence electrons. The van der Waals surface area contributed by atoms with Crippen molar-refractivity contribution in [3.05, 3.63) is 41.2 Å². The van der Waals surface area contributed by atoms with Crippen molar-refractivity contribution in [1.82, 2.24) is 14.7 Å². The highest BCUT2D eigenvalue weighted by molar-refractivity contribution is 5.95. The lowest BCUT2D eigenvalue weighted by atomic mass is 9.96. The highest BCUT2D eigenvalue weighted by Crippen LogP contribution is 2.30. The van der Waals surface area contributed by atoms with Gasteiger partial charge in [-0.25, -0.2) is 0 Å². The molecule has 6 heteroatoms. The van der Waals surface area contributed by atoms with Crippen LogP contribution in [0.1, 0.15) is 48.4 Å². The Morgan fingerprint density at radius 3 is 2.36 bits per heavy atom. The van der Waals surface area contributed by atoms with E-state index in [1.807, 2.05) is 37.8 Å². The second-order valence-corrected chi connectivity index (χ2v) is 7.37. The molecule has 1 aliphatic heterocycles. The lowest BCUT2D eigenvalue weighted by Crippen LogP contribution is -2.39. The van der Waals surface area contributed by atoms with Crippen LogP contribution in [0.4, 0.5) is 0 Å². The van der Waals surface area contributed by atoms with Gasteiger partial charge in [-0.3, -0.25) is 9.48 Å². The Labute approximate surface area is 167 Å². The molecule has 1 amide bonds. The van der Waals surface area contributed by atoms with Crippen LogP contribution in [0.25, 0.3) is 0 Å². The normalized spacial score (nSPS) is 14.9. The van der Waals surface area contributed by atoms with E-state index < -0.39 is 0 Å². The summed E-state index contributed by atoms with van der Waals surface area (Å²) < 4.78 is 13.3. The van der Waals surface area contributed by atoms with Gasteiger partial charge in [0.25, 0.3) is 5.91 Å². The summed E-state index contributed by atoms with van der Waals surface area (Å²) in [6.45, 7) is 11.6. The minimum absolute atomic E-state index is 0.0635. The summed E-state index contributed by atoms with van der Waals surface area (Å²) in [7, 11) is 0. The van der Waals surface area contributed by atoms with Gasteiger partial charge < -0.3 is 14.4 Å². The van der Waals surface area contributed by atoms with Crippen molar-refractivity contribution in [2.45, 2.75) is 47.1 Å². The summed E-state index contributed by atoms with van der Waals surface area (Å²) in [5, 5.41) is 4.57. The Hall–Kier alpha value is -2.50. The van der Waals surface area contributed by atoms with Crippen molar-refractivity contribution in [3.63, 3.8) is 0 Å². The summed E-state index contributed by atoms with van der Waals surface area (Å²) >= 11 is 0. The van der Waals surface area contributed by atoms with Crippen LogP contribution < -0.4 is 9.47 Å². The highest BCUT2D eigenvalue weighted by atomic mass is 16.5. The maximum Gasteiger partial charge on any atom is 0.253 e. The molecular formula is C22H31N3O3. The molecule has 1 saturated heterocycles. The molecule has 0 atom stereocenters. The first kappa shape index (κ1) is 20.2. The minimum Gasteiger partial charge on any atom is -0.490 e. The third-order valence-electron chi connectivity index (χ3n) is 5.23. The van der Waals surface area contributed by atoms with Crippen LogP contribution in [0.2, 0.25) is 0 Å². The van der Waals surface area contributed by atoms with E-state index >= 15 is 0 Å². The van der Waals surface area contributed by atoms with E-state index in [1.54, 1.807) is 6.07 Å². The maximum atomic E-state index is 13.0. The van der Waals surface area contributed by atoms with Crippen molar-refractivity contribution in [3.8, 4) is 11.5 Å². The molecular weight excluding hydrogens is 354 g/mol. The Bertz CT molecular complexity index is 807. The highest BCUT2D eigenvalue weighted by Gasteiger charge is 2.25. The number of carbonyl (C=O) groups excluding carboxylic acids is 1. The van der Waals surface area contributed by atoms with Gasteiger partial charge in [0, 0.05) is 30.9 Å². The van der Waals surface area contributed by atoms with Crippen LogP contribution in [-0.2, 0) is 6.54 Å². The van der Waals surface area contributed by atoms with E-state index in [0.717, 1.165) is 38.2 Å². The van der Waals surface area contributed by atoms with Gasteiger partial charge >= 0.3 is 0 Å². The predicted molar refractivity (Wildman–Crippen MR) is 109 cm³/mol. The van der Waals surface area contributed by atoms with Crippen LogP contribution in [0.15, 0.2) is 24.3 Å². The van der Waals surface area contributed by atoms with Crippen LogP contribution in [0.3, 0.4) is 0 Å². The quantitative estimate of drug-likeness (QED) is 0.726. The Morgan fingerprint density at radius 1 is 1.07 bits per heavy atom. The van der Waals surface area contributed by atoms with Crippen molar-refractivity contribution in [1.29, 1.82) is 0 Å². The van der Waals surface area contributed by atoms with Gasteiger partial charge in [-0.1, -0.05) is 0 Å². The third kappa shape index (κ3) is 4.66. The fourth-order valence-corrected chi connectivity index (χ4v) is 3.79. The van der Waals surface area contributed by atoms with E-state index in [2.05, 4.69) is 22.8 Å².